The number of aromatic nitrogens is 1. The van der Waals surface area contributed by atoms with Crippen molar-refractivity contribution < 1.29 is 14.4 Å². The number of piperazine rings is 1. The molecule has 1 saturated heterocycles. The summed E-state index contributed by atoms with van der Waals surface area (Å²) in [6.07, 6.45) is 4.84. The van der Waals surface area contributed by atoms with Gasteiger partial charge in [0.2, 0.25) is 5.76 Å². The van der Waals surface area contributed by atoms with E-state index in [0.29, 0.717) is 23.5 Å². The number of carbonyl (C=O) groups excluding carboxylic acids is 1. The molecule has 5 rings (SSSR count). The number of fused-ring (bicyclic) bond motifs is 2. The fourth-order valence-electron chi connectivity index (χ4n) is 4.37. The Bertz CT molecular complexity index is 1170. The first-order chi connectivity index (χ1) is 15.7. The van der Waals surface area contributed by atoms with Crippen molar-refractivity contribution >= 4 is 34.0 Å². The van der Waals surface area contributed by atoms with Crippen LogP contribution in [0, 0.1) is 0 Å². The molecular formula is C23H26N6O3. The van der Waals surface area contributed by atoms with E-state index < -0.39 is 0 Å². The summed E-state index contributed by atoms with van der Waals surface area (Å²) >= 11 is 0. The summed E-state index contributed by atoms with van der Waals surface area (Å²) in [5.41, 5.74) is 4.80. The van der Waals surface area contributed by atoms with E-state index >= 15 is 0 Å². The van der Waals surface area contributed by atoms with Crippen LogP contribution in [0.25, 0.3) is 11.0 Å². The summed E-state index contributed by atoms with van der Waals surface area (Å²) in [6, 6.07) is 7.72. The molecule has 0 bridgehead atoms. The quantitative estimate of drug-likeness (QED) is 0.348. The molecule has 0 radical (unpaired) electrons. The summed E-state index contributed by atoms with van der Waals surface area (Å²) < 4.78 is 5.89. The van der Waals surface area contributed by atoms with E-state index in [1.54, 1.807) is 12.4 Å². The molecule has 4 N–H and O–H groups in total. The first-order valence-corrected chi connectivity index (χ1v) is 10.9. The summed E-state index contributed by atoms with van der Waals surface area (Å²) in [6.45, 7) is 5.28. The van der Waals surface area contributed by atoms with Gasteiger partial charge in [0.05, 0.1) is 17.6 Å². The number of pyridine rings is 1. The molecule has 1 aliphatic carbocycles. The van der Waals surface area contributed by atoms with Crippen molar-refractivity contribution in [3.63, 3.8) is 0 Å². The first-order valence-electron chi connectivity index (χ1n) is 10.9. The zero-order chi connectivity index (χ0) is 21.9. The van der Waals surface area contributed by atoms with E-state index in [4.69, 9.17) is 9.62 Å². The standard InChI is InChI=1S/C23H26N6O3/c30-23(26-9-12-29-10-7-24-8-11-29)22-21(18-5-6-25-14-20(18)32-22)27-16-2-3-17-15(13-16)1-4-19(17)28-31/h2-3,5-6,13-14,24,27,31H,1,4,7-12H2,(H,26,30)/b28-19+. The number of benzene rings is 1. The SMILES string of the molecule is O=C(NCCN1CCNCC1)c1oc2cnccc2c1Nc1ccc2c(c1)CC/C2=N\O. The maximum Gasteiger partial charge on any atom is 0.289 e. The average Bonchev–Trinajstić information content (AvgIpc) is 3.41. The number of hydrogen-bond donors (Lipinski definition) is 4. The highest BCUT2D eigenvalue weighted by atomic mass is 16.4. The Hall–Kier alpha value is -3.43. The normalized spacial score (nSPS) is 17.6. The fourth-order valence-corrected chi connectivity index (χ4v) is 4.37. The van der Waals surface area contributed by atoms with E-state index in [0.717, 1.165) is 67.8 Å². The molecule has 9 heteroatoms. The number of furan rings is 1. The van der Waals surface area contributed by atoms with Crippen LogP contribution in [0.4, 0.5) is 11.4 Å². The number of hydrogen-bond acceptors (Lipinski definition) is 8. The second-order valence-corrected chi connectivity index (χ2v) is 8.07. The molecule has 1 aromatic carbocycles. The van der Waals surface area contributed by atoms with Gasteiger partial charge >= 0.3 is 0 Å². The molecule has 0 saturated carbocycles. The molecular weight excluding hydrogens is 408 g/mol. The summed E-state index contributed by atoms with van der Waals surface area (Å²) in [5.74, 6) is -0.0129. The van der Waals surface area contributed by atoms with Gasteiger partial charge in [0.1, 0.15) is 0 Å². The van der Waals surface area contributed by atoms with Crippen LogP contribution in [0.15, 0.2) is 46.2 Å². The molecule has 0 atom stereocenters. The number of nitrogens with one attached hydrogen (secondary N) is 3. The van der Waals surface area contributed by atoms with Crippen LogP contribution in [-0.2, 0) is 6.42 Å². The van der Waals surface area contributed by atoms with Crippen molar-refractivity contribution in [2.45, 2.75) is 12.8 Å². The van der Waals surface area contributed by atoms with E-state index in [2.05, 4.69) is 31.0 Å². The number of rotatable bonds is 6. The van der Waals surface area contributed by atoms with Crippen LogP contribution < -0.4 is 16.0 Å². The van der Waals surface area contributed by atoms with Gasteiger partial charge in [-0.1, -0.05) is 11.2 Å². The van der Waals surface area contributed by atoms with E-state index in [1.807, 2.05) is 24.3 Å². The Morgan fingerprint density at radius 3 is 2.97 bits per heavy atom. The Balaban J connectivity index is 1.36. The minimum absolute atomic E-state index is 0.242. The number of anilines is 2. The monoisotopic (exact) mass is 434 g/mol. The third kappa shape index (κ3) is 4.04. The number of carbonyl (C=O) groups is 1. The zero-order valence-electron chi connectivity index (χ0n) is 17.7. The molecule has 1 fully saturated rings. The Kier molecular flexibility index (Phi) is 5.74. The first kappa shape index (κ1) is 20.5. The molecule has 3 aromatic rings. The summed E-state index contributed by atoms with van der Waals surface area (Å²) in [4.78, 5) is 19.4. The second kappa shape index (κ2) is 8.97. The van der Waals surface area contributed by atoms with Crippen molar-refractivity contribution in [3.8, 4) is 0 Å². The van der Waals surface area contributed by atoms with Crippen LogP contribution in [0.2, 0.25) is 0 Å². The molecule has 0 spiro atoms. The Labute approximate surface area is 185 Å². The van der Waals surface area contributed by atoms with Crippen LogP contribution in [-0.4, -0.2) is 66.0 Å². The van der Waals surface area contributed by atoms with Gasteiger partial charge in [-0.2, -0.15) is 0 Å². The van der Waals surface area contributed by atoms with Crippen LogP contribution in [0.1, 0.15) is 28.1 Å². The summed E-state index contributed by atoms with van der Waals surface area (Å²) in [7, 11) is 0. The lowest BCUT2D eigenvalue weighted by Crippen LogP contribution is -2.46. The van der Waals surface area contributed by atoms with E-state index in [9.17, 15) is 4.79 Å². The zero-order valence-corrected chi connectivity index (χ0v) is 17.7. The molecule has 1 aliphatic heterocycles. The topological polar surface area (TPSA) is 115 Å². The predicted molar refractivity (Wildman–Crippen MR) is 122 cm³/mol. The highest BCUT2D eigenvalue weighted by molar-refractivity contribution is 6.07. The molecule has 0 unspecified atom stereocenters. The molecule has 32 heavy (non-hydrogen) atoms. The third-order valence-electron chi connectivity index (χ3n) is 6.06. The van der Waals surface area contributed by atoms with Gasteiger partial charge in [-0.15, -0.1) is 0 Å². The number of amides is 1. The van der Waals surface area contributed by atoms with Gasteiger partial charge in [-0.25, -0.2) is 0 Å². The van der Waals surface area contributed by atoms with Crippen molar-refractivity contribution in [2.24, 2.45) is 5.16 Å². The van der Waals surface area contributed by atoms with Gasteiger partial charge in [0.15, 0.2) is 5.58 Å². The van der Waals surface area contributed by atoms with Crippen molar-refractivity contribution in [1.29, 1.82) is 0 Å². The number of oxime groups is 1. The van der Waals surface area contributed by atoms with Gasteiger partial charge in [0, 0.05) is 62.1 Å². The highest BCUT2D eigenvalue weighted by Crippen LogP contribution is 2.34. The van der Waals surface area contributed by atoms with Crippen molar-refractivity contribution in [3.05, 3.63) is 53.5 Å². The predicted octanol–water partition coefficient (Wildman–Crippen LogP) is 2.33. The van der Waals surface area contributed by atoms with Crippen molar-refractivity contribution in [2.75, 3.05) is 44.6 Å². The van der Waals surface area contributed by atoms with Gasteiger partial charge in [0.25, 0.3) is 5.91 Å². The lowest BCUT2D eigenvalue weighted by atomic mass is 10.1. The second-order valence-electron chi connectivity index (χ2n) is 8.07. The maximum atomic E-state index is 13.0. The molecule has 2 aromatic heterocycles. The fraction of sp³-hybridized carbons (Fsp3) is 0.348. The van der Waals surface area contributed by atoms with Crippen LogP contribution >= 0.6 is 0 Å². The Morgan fingerprint density at radius 2 is 2.12 bits per heavy atom. The van der Waals surface area contributed by atoms with Crippen LogP contribution in [0.3, 0.4) is 0 Å². The minimum atomic E-state index is -0.255. The maximum absolute atomic E-state index is 13.0. The minimum Gasteiger partial charge on any atom is -0.447 e. The molecule has 3 heterocycles. The molecule has 9 nitrogen and oxygen atoms in total. The lowest BCUT2D eigenvalue weighted by Gasteiger charge is -2.27. The number of nitrogens with zero attached hydrogens (tertiary/aromatic N) is 3. The molecule has 2 aliphatic rings. The van der Waals surface area contributed by atoms with Gasteiger partial charge in [-0.05, 0) is 36.6 Å². The molecule has 1 amide bonds. The Morgan fingerprint density at radius 1 is 1.25 bits per heavy atom. The van der Waals surface area contributed by atoms with E-state index in [-0.39, 0.29) is 11.7 Å². The third-order valence-corrected chi connectivity index (χ3v) is 6.06. The average molecular weight is 435 g/mol. The summed E-state index contributed by atoms with van der Waals surface area (Å²) in [5, 5.41) is 23.0. The van der Waals surface area contributed by atoms with E-state index in [1.165, 1.54) is 0 Å². The lowest BCUT2D eigenvalue weighted by molar-refractivity contribution is 0.0923. The van der Waals surface area contributed by atoms with Crippen molar-refractivity contribution in [1.82, 2.24) is 20.5 Å². The molecule has 166 valence electrons. The van der Waals surface area contributed by atoms with Gasteiger partial charge in [-0.3, -0.25) is 14.7 Å². The van der Waals surface area contributed by atoms with Gasteiger partial charge < -0.3 is 25.6 Å². The highest BCUT2D eigenvalue weighted by Gasteiger charge is 2.23. The smallest absolute Gasteiger partial charge is 0.289 e. The van der Waals surface area contributed by atoms with Crippen LogP contribution in [0.5, 0.6) is 0 Å². The number of aryl methyl sites for hydroxylation is 1. The largest absolute Gasteiger partial charge is 0.447 e.